The lowest BCUT2D eigenvalue weighted by atomic mass is 10.2. The van der Waals surface area contributed by atoms with Gasteiger partial charge in [-0.1, -0.05) is 25.0 Å². The van der Waals surface area contributed by atoms with Gasteiger partial charge in [0.2, 0.25) is 0 Å². The predicted molar refractivity (Wildman–Crippen MR) is 105 cm³/mol. The van der Waals surface area contributed by atoms with Crippen molar-refractivity contribution in [3.8, 4) is 0 Å². The van der Waals surface area contributed by atoms with Crippen LogP contribution in [-0.4, -0.2) is 46.5 Å². The Morgan fingerprint density at radius 2 is 2.08 bits per heavy atom. The molecule has 0 radical (unpaired) electrons. The van der Waals surface area contributed by atoms with Gasteiger partial charge in [0.05, 0.1) is 16.9 Å². The number of aromatic nitrogens is 1. The summed E-state index contributed by atoms with van der Waals surface area (Å²) in [5, 5.41) is 6.11. The molecule has 1 aromatic heterocycles. The second-order valence-electron chi connectivity index (χ2n) is 7.40. The second-order valence-corrected chi connectivity index (χ2v) is 8.36. The maximum atomic E-state index is 4.97. The van der Waals surface area contributed by atoms with E-state index in [2.05, 4.69) is 60.5 Å². The summed E-state index contributed by atoms with van der Waals surface area (Å²) in [7, 11) is 4.20. The molecule has 1 aliphatic heterocycles. The van der Waals surface area contributed by atoms with Crippen molar-refractivity contribution in [2.45, 2.75) is 44.3 Å². The third-order valence-electron chi connectivity index (χ3n) is 5.39. The molecule has 1 unspecified atom stereocenters. The average Bonchev–Trinajstić information content (AvgIpc) is 3.26. The molecule has 0 saturated heterocycles. The number of anilines is 1. The minimum Gasteiger partial charge on any atom is -0.381 e. The first-order valence-corrected chi connectivity index (χ1v) is 9.82. The highest BCUT2D eigenvalue weighted by Gasteiger charge is 2.33. The lowest BCUT2D eigenvalue weighted by molar-refractivity contribution is 0.215. The number of fused-ring (bicyclic) bond motifs is 1. The smallest absolute Gasteiger partial charge is 0.120 e. The van der Waals surface area contributed by atoms with Gasteiger partial charge in [0.15, 0.2) is 0 Å². The Hall–Kier alpha value is -1.46. The second kappa shape index (κ2) is 6.12. The molecule has 5 heteroatoms. The summed E-state index contributed by atoms with van der Waals surface area (Å²) >= 11 is 1.84. The van der Waals surface area contributed by atoms with Crippen LogP contribution in [0.3, 0.4) is 0 Å². The Bertz CT molecular complexity index is 773. The van der Waals surface area contributed by atoms with E-state index in [0.29, 0.717) is 6.04 Å². The normalized spacial score (nSPS) is 24.9. The number of para-hydroxylation sites is 1. The molecule has 1 aliphatic carbocycles. The lowest BCUT2D eigenvalue weighted by Crippen LogP contribution is -2.39. The molecule has 1 atom stereocenters. The first kappa shape index (κ1) is 16.0. The molecule has 4 nitrogen and oxygen atoms in total. The van der Waals surface area contributed by atoms with E-state index in [9.17, 15) is 0 Å². The van der Waals surface area contributed by atoms with Crippen molar-refractivity contribution in [2.24, 2.45) is 4.99 Å². The molecule has 24 heavy (non-hydrogen) atoms. The Kier molecular flexibility index (Phi) is 4.09. The van der Waals surface area contributed by atoms with Crippen molar-refractivity contribution in [2.75, 3.05) is 25.2 Å². The molecule has 2 heterocycles. The quantitative estimate of drug-likeness (QED) is 0.871. The maximum Gasteiger partial charge on any atom is 0.120 e. The monoisotopic (exact) mass is 342 g/mol. The van der Waals surface area contributed by atoms with Gasteiger partial charge in [0, 0.05) is 17.2 Å². The van der Waals surface area contributed by atoms with Crippen molar-refractivity contribution in [1.82, 2.24) is 9.88 Å². The Morgan fingerprint density at radius 3 is 2.79 bits per heavy atom. The number of hydrogen-bond acceptors (Lipinski definition) is 4. The highest BCUT2D eigenvalue weighted by molar-refractivity contribution is 8.14. The van der Waals surface area contributed by atoms with Gasteiger partial charge in [0.25, 0.3) is 0 Å². The number of rotatable bonds is 4. The molecule has 1 saturated carbocycles. The van der Waals surface area contributed by atoms with E-state index in [-0.39, 0.29) is 5.66 Å². The van der Waals surface area contributed by atoms with Crippen LogP contribution in [0.4, 0.5) is 5.69 Å². The number of benzene rings is 1. The summed E-state index contributed by atoms with van der Waals surface area (Å²) in [6.45, 7) is 2.20. The summed E-state index contributed by atoms with van der Waals surface area (Å²) in [4.78, 5) is 10.8. The summed E-state index contributed by atoms with van der Waals surface area (Å²) in [5.41, 5.74) is 3.47. The summed E-state index contributed by atoms with van der Waals surface area (Å²) in [5.74, 6) is 0.998. The van der Waals surface area contributed by atoms with Crippen LogP contribution in [-0.2, 0) is 0 Å². The zero-order valence-electron chi connectivity index (χ0n) is 14.7. The molecule has 2 N–H and O–H groups in total. The number of H-pyrrole nitrogens is 1. The average molecular weight is 343 g/mol. The SMILES string of the molecule is CN(C)C1(C)CSC(c2cc3cccc(NC4CCCC4)c3[nH]2)=N1. The number of aliphatic imine (C=N–C) groups is 1. The number of nitrogens with one attached hydrogen (secondary N) is 2. The third kappa shape index (κ3) is 2.84. The fourth-order valence-corrected chi connectivity index (χ4v) is 4.80. The molecule has 128 valence electrons. The van der Waals surface area contributed by atoms with Crippen molar-refractivity contribution < 1.29 is 0 Å². The Balaban J connectivity index is 1.66. The van der Waals surface area contributed by atoms with Gasteiger partial charge >= 0.3 is 0 Å². The Morgan fingerprint density at radius 1 is 1.29 bits per heavy atom. The number of nitrogens with zero attached hydrogens (tertiary/aromatic N) is 2. The van der Waals surface area contributed by atoms with Gasteiger partial charge in [-0.3, -0.25) is 9.89 Å². The topological polar surface area (TPSA) is 43.4 Å². The van der Waals surface area contributed by atoms with Crippen LogP contribution in [0.2, 0.25) is 0 Å². The number of thioether (sulfide) groups is 1. The van der Waals surface area contributed by atoms with Crippen LogP contribution in [0.1, 0.15) is 38.3 Å². The lowest BCUT2D eigenvalue weighted by Gasteiger charge is -2.27. The standard InChI is InChI=1S/C19H26N4S/c1-19(23(2)3)12-24-18(22-19)16-11-13-7-6-10-15(17(13)21-16)20-14-8-4-5-9-14/h6-7,10-11,14,20-21H,4-5,8-9,12H2,1-3H3. The van der Waals surface area contributed by atoms with Crippen molar-refractivity contribution in [3.63, 3.8) is 0 Å². The Labute approximate surface area is 148 Å². The first-order valence-electron chi connectivity index (χ1n) is 8.84. The van der Waals surface area contributed by atoms with Gasteiger partial charge in [0.1, 0.15) is 10.7 Å². The minimum atomic E-state index is -0.109. The van der Waals surface area contributed by atoms with E-state index < -0.39 is 0 Å². The molecule has 2 aromatic rings. The molecule has 1 fully saturated rings. The predicted octanol–water partition coefficient (Wildman–Crippen LogP) is 4.29. The third-order valence-corrected chi connectivity index (χ3v) is 6.67. The molecule has 0 spiro atoms. The van der Waals surface area contributed by atoms with Gasteiger partial charge in [-0.15, -0.1) is 11.8 Å². The van der Waals surface area contributed by atoms with Crippen LogP contribution in [0.25, 0.3) is 10.9 Å². The van der Waals surface area contributed by atoms with E-state index in [1.54, 1.807) is 0 Å². The van der Waals surface area contributed by atoms with Gasteiger partial charge in [-0.2, -0.15) is 0 Å². The molecule has 0 amide bonds. The van der Waals surface area contributed by atoms with Crippen LogP contribution < -0.4 is 5.32 Å². The van der Waals surface area contributed by atoms with Gasteiger partial charge < -0.3 is 10.3 Å². The number of aromatic amines is 1. The largest absolute Gasteiger partial charge is 0.381 e. The fourth-order valence-electron chi connectivity index (χ4n) is 3.54. The van der Waals surface area contributed by atoms with Crippen LogP contribution in [0.15, 0.2) is 29.3 Å². The van der Waals surface area contributed by atoms with Crippen LogP contribution in [0, 0.1) is 0 Å². The summed E-state index contributed by atoms with van der Waals surface area (Å²) in [6, 6.07) is 9.37. The summed E-state index contributed by atoms with van der Waals surface area (Å²) < 4.78 is 0. The minimum absolute atomic E-state index is 0.109. The van der Waals surface area contributed by atoms with Crippen molar-refractivity contribution >= 4 is 33.4 Å². The first-order chi connectivity index (χ1) is 11.5. The zero-order valence-corrected chi connectivity index (χ0v) is 15.5. The van der Waals surface area contributed by atoms with Crippen LogP contribution >= 0.6 is 11.8 Å². The molecular formula is C19H26N4S. The van der Waals surface area contributed by atoms with E-state index in [1.165, 1.54) is 42.3 Å². The van der Waals surface area contributed by atoms with E-state index in [0.717, 1.165) is 16.5 Å². The van der Waals surface area contributed by atoms with Crippen LogP contribution in [0.5, 0.6) is 0 Å². The highest BCUT2D eigenvalue weighted by atomic mass is 32.2. The van der Waals surface area contributed by atoms with E-state index in [4.69, 9.17) is 4.99 Å². The molecule has 2 aliphatic rings. The fraction of sp³-hybridized carbons (Fsp3) is 0.526. The molecule has 0 bridgehead atoms. The highest BCUT2D eigenvalue weighted by Crippen LogP contribution is 2.34. The number of hydrogen-bond donors (Lipinski definition) is 2. The molecule has 1 aromatic carbocycles. The molecular weight excluding hydrogens is 316 g/mol. The summed E-state index contributed by atoms with van der Waals surface area (Å²) in [6.07, 6.45) is 5.27. The molecule has 4 rings (SSSR count). The van der Waals surface area contributed by atoms with Crippen molar-refractivity contribution in [1.29, 1.82) is 0 Å². The van der Waals surface area contributed by atoms with Gasteiger partial charge in [-0.05, 0) is 46.0 Å². The van der Waals surface area contributed by atoms with Gasteiger partial charge in [-0.25, -0.2) is 0 Å². The van der Waals surface area contributed by atoms with E-state index >= 15 is 0 Å². The van der Waals surface area contributed by atoms with E-state index in [1.807, 2.05) is 11.8 Å². The van der Waals surface area contributed by atoms with Crippen molar-refractivity contribution in [3.05, 3.63) is 30.0 Å². The zero-order chi connectivity index (χ0) is 16.7. The maximum absolute atomic E-state index is 4.97.